The van der Waals surface area contributed by atoms with Gasteiger partial charge in [0.2, 0.25) is 0 Å². The number of nitriles is 1. The third kappa shape index (κ3) is 8.21. The second-order valence-electron chi connectivity index (χ2n) is 9.77. The van der Waals surface area contributed by atoms with E-state index in [0.717, 1.165) is 4.57 Å². The topological polar surface area (TPSA) is 201 Å². The summed E-state index contributed by atoms with van der Waals surface area (Å²) >= 11 is 0. The number of hydrogen-bond acceptors (Lipinski definition) is 14. The van der Waals surface area contributed by atoms with Gasteiger partial charge in [-0.05, 0) is 6.07 Å². The Labute approximate surface area is 231 Å². The molecule has 0 bridgehead atoms. The van der Waals surface area contributed by atoms with E-state index < -0.39 is 79.8 Å². The number of ether oxygens (including phenoxy) is 7. The molecule has 2 rings (SSSR count). The van der Waals surface area contributed by atoms with Crippen LogP contribution in [0, 0.1) is 29.1 Å². The van der Waals surface area contributed by atoms with E-state index in [9.17, 15) is 24.4 Å². The molecule has 0 radical (unpaired) electrons. The minimum absolute atomic E-state index is 0.101. The normalized spacial score (nSPS) is 22.4. The molecule has 0 spiro atoms. The summed E-state index contributed by atoms with van der Waals surface area (Å²) in [5.41, 5.74) is 2.47. The molecule has 1 aromatic heterocycles. The van der Waals surface area contributed by atoms with Gasteiger partial charge >= 0.3 is 23.6 Å². The number of anilines is 1. The molecule has 40 heavy (non-hydrogen) atoms. The third-order valence-electron chi connectivity index (χ3n) is 5.62. The molecule has 222 valence electrons. The van der Waals surface area contributed by atoms with Gasteiger partial charge in [-0.3, -0.25) is 19.0 Å². The lowest BCUT2D eigenvalue weighted by Crippen LogP contribution is -2.51. The maximum absolute atomic E-state index is 12.8. The Balaban J connectivity index is 2.41. The molecule has 2 N–H and O–H groups in total. The van der Waals surface area contributed by atoms with E-state index in [2.05, 4.69) is 4.98 Å². The second kappa shape index (κ2) is 14.7. The van der Waals surface area contributed by atoms with E-state index in [1.165, 1.54) is 12.3 Å². The molecule has 4 atom stereocenters. The molecule has 1 aliphatic rings. The van der Waals surface area contributed by atoms with Crippen LogP contribution in [0.2, 0.25) is 0 Å². The number of carbonyl (C=O) groups excluding carboxylic acids is 3. The molecule has 1 fully saturated rings. The minimum Gasteiger partial charge on any atom is -0.438 e. The smallest absolute Gasteiger partial charge is 0.352 e. The van der Waals surface area contributed by atoms with Gasteiger partial charge in [0.25, 0.3) is 5.72 Å². The van der Waals surface area contributed by atoms with Gasteiger partial charge in [0.05, 0.1) is 24.4 Å². The van der Waals surface area contributed by atoms with Crippen molar-refractivity contribution in [2.24, 2.45) is 17.8 Å². The summed E-state index contributed by atoms with van der Waals surface area (Å²) in [7, 11) is 0. The Morgan fingerprint density at radius 2 is 1.52 bits per heavy atom. The van der Waals surface area contributed by atoms with Crippen LogP contribution in [0.3, 0.4) is 0 Å². The Morgan fingerprint density at radius 1 is 1.00 bits per heavy atom. The van der Waals surface area contributed by atoms with Gasteiger partial charge in [-0.1, -0.05) is 41.5 Å². The molecule has 2 unspecified atom stereocenters. The van der Waals surface area contributed by atoms with E-state index in [0.29, 0.717) is 0 Å². The van der Waals surface area contributed by atoms with Crippen molar-refractivity contribution in [1.29, 1.82) is 5.26 Å². The Bertz CT molecular complexity index is 1130. The fraction of sp³-hybridized carbons (Fsp3) is 0.680. The average Bonchev–Trinajstić information content (AvgIpc) is 3.19. The quantitative estimate of drug-likeness (QED) is 0.142. The lowest BCUT2D eigenvalue weighted by atomic mass is 10.0. The molecule has 15 heteroatoms. The fourth-order valence-electron chi connectivity index (χ4n) is 3.42. The number of rotatable bonds is 14. The second-order valence-corrected chi connectivity index (χ2v) is 9.77. The van der Waals surface area contributed by atoms with Crippen LogP contribution in [0.5, 0.6) is 0 Å². The Kier molecular flexibility index (Phi) is 12.0. The molecular formula is C25H36N4O11. The highest BCUT2D eigenvalue weighted by atomic mass is 16.7. The zero-order chi connectivity index (χ0) is 30.0. The van der Waals surface area contributed by atoms with Crippen LogP contribution in [0.15, 0.2) is 17.1 Å². The molecule has 15 nitrogen and oxygen atoms in total. The first-order valence-electron chi connectivity index (χ1n) is 12.6. The Morgan fingerprint density at radius 3 is 2.02 bits per heavy atom. The van der Waals surface area contributed by atoms with Crippen molar-refractivity contribution >= 4 is 23.7 Å². The number of carbonyl (C=O) groups is 3. The fourth-order valence-corrected chi connectivity index (χ4v) is 3.42. The molecule has 0 aromatic carbocycles. The van der Waals surface area contributed by atoms with Crippen molar-refractivity contribution in [2.45, 2.75) is 65.6 Å². The lowest BCUT2D eigenvalue weighted by Gasteiger charge is -2.30. The lowest BCUT2D eigenvalue weighted by molar-refractivity contribution is -0.195. The molecular weight excluding hydrogens is 532 g/mol. The van der Waals surface area contributed by atoms with E-state index in [-0.39, 0.29) is 18.3 Å². The SMILES string of the molecule is CC(C)C(=O)OCOC[C@H]1O[C@@](C#N)(n2ccc(N)nc2=O)C(OCOC(=O)C(C)C)C1OCOC(=O)C(C)C. The number of nitrogens with two attached hydrogens (primary N) is 1. The van der Waals surface area contributed by atoms with Crippen molar-refractivity contribution in [1.82, 2.24) is 9.55 Å². The summed E-state index contributed by atoms with van der Waals surface area (Å²) in [5.74, 6) is -3.04. The van der Waals surface area contributed by atoms with Crippen LogP contribution >= 0.6 is 0 Å². The van der Waals surface area contributed by atoms with Gasteiger partial charge in [-0.15, -0.1) is 0 Å². The van der Waals surface area contributed by atoms with Crippen LogP contribution in [0.25, 0.3) is 0 Å². The van der Waals surface area contributed by atoms with Crippen LogP contribution < -0.4 is 11.4 Å². The van der Waals surface area contributed by atoms with Crippen molar-refractivity contribution < 1.29 is 47.5 Å². The van der Waals surface area contributed by atoms with Crippen LogP contribution in [-0.4, -0.2) is 72.8 Å². The maximum Gasteiger partial charge on any atom is 0.352 e. The molecule has 0 aliphatic carbocycles. The summed E-state index contributed by atoms with van der Waals surface area (Å²) in [6, 6.07) is 3.20. The highest BCUT2D eigenvalue weighted by Gasteiger charge is 2.60. The van der Waals surface area contributed by atoms with E-state index in [1.807, 2.05) is 6.07 Å². The molecule has 0 amide bonds. The third-order valence-corrected chi connectivity index (χ3v) is 5.62. The molecule has 0 saturated carbocycles. The van der Waals surface area contributed by atoms with E-state index >= 15 is 0 Å². The number of nitrogen functional groups attached to an aromatic ring is 1. The highest BCUT2D eigenvalue weighted by molar-refractivity contribution is 5.72. The zero-order valence-electron chi connectivity index (χ0n) is 23.4. The monoisotopic (exact) mass is 568 g/mol. The van der Waals surface area contributed by atoms with Crippen molar-refractivity contribution in [3.63, 3.8) is 0 Å². The first kappa shape index (κ1) is 32.6. The molecule has 1 aromatic rings. The van der Waals surface area contributed by atoms with Gasteiger partial charge in [-0.25, -0.2) is 4.79 Å². The summed E-state index contributed by atoms with van der Waals surface area (Å²) < 4.78 is 39.1. The number of esters is 3. The van der Waals surface area contributed by atoms with E-state index in [1.54, 1.807) is 41.5 Å². The summed E-state index contributed by atoms with van der Waals surface area (Å²) in [4.78, 5) is 52.2. The number of hydrogen-bond donors (Lipinski definition) is 1. The van der Waals surface area contributed by atoms with Gasteiger partial charge in [0.15, 0.2) is 26.5 Å². The first-order valence-corrected chi connectivity index (χ1v) is 12.6. The predicted octanol–water partition coefficient (Wildman–Crippen LogP) is 0.658. The van der Waals surface area contributed by atoms with Crippen LogP contribution in [0.4, 0.5) is 5.82 Å². The summed E-state index contributed by atoms with van der Waals surface area (Å²) in [6.45, 7) is 7.87. The molecule has 1 aliphatic heterocycles. The highest BCUT2D eigenvalue weighted by Crippen LogP contribution is 2.38. The van der Waals surface area contributed by atoms with E-state index in [4.69, 9.17) is 38.9 Å². The largest absolute Gasteiger partial charge is 0.438 e. The van der Waals surface area contributed by atoms with Crippen molar-refractivity contribution in [3.05, 3.63) is 22.7 Å². The number of nitrogens with zero attached hydrogens (tertiary/aromatic N) is 3. The van der Waals surface area contributed by atoms with Crippen molar-refractivity contribution in [2.75, 3.05) is 32.7 Å². The minimum atomic E-state index is -2.21. The summed E-state index contributed by atoms with van der Waals surface area (Å²) in [5, 5.41) is 10.3. The average molecular weight is 569 g/mol. The van der Waals surface area contributed by atoms with Gasteiger partial charge < -0.3 is 38.9 Å². The molecule has 2 heterocycles. The predicted molar refractivity (Wildman–Crippen MR) is 134 cm³/mol. The van der Waals surface area contributed by atoms with Gasteiger partial charge in [0, 0.05) is 6.20 Å². The van der Waals surface area contributed by atoms with Gasteiger partial charge in [0.1, 0.15) is 24.1 Å². The number of aromatic nitrogens is 2. The molecule has 1 saturated heterocycles. The first-order chi connectivity index (χ1) is 18.8. The maximum atomic E-state index is 12.8. The van der Waals surface area contributed by atoms with Gasteiger partial charge in [-0.2, -0.15) is 10.2 Å². The van der Waals surface area contributed by atoms with Crippen molar-refractivity contribution in [3.8, 4) is 6.07 Å². The van der Waals surface area contributed by atoms with Crippen LogP contribution in [-0.2, 0) is 53.3 Å². The Hall–Kier alpha value is -3.58. The standard InChI is InChI=1S/C25H36N4O11/c1-14(2)21(30)37-11-34-9-17-19(35-12-38-22(31)15(3)4)20(36-13-39-23(32)16(5)6)25(10-26,40-17)29-8-7-18(27)28-24(29)33/h7-8,14-17,19-20H,9,11-13H2,1-6H3,(H2,27,28,33)/t17-,19?,20?,25-/m1/s1. The zero-order valence-corrected chi connectivity index (χ0v) is 23.4. The summed E-state index contributed by atoms with van der Waals surface area (Å²) in [6.07, 6.45) is -2.60. The van der Waals surface area contributed by atoms with Crippen LogP contribution in [0.1, 0.15) is 41.5 Å².